The third-order valence-corrected chi connectivity index (χ3v) is 3.12. The van der Waals surface area contributed by atoms with Gasteiger partial charge in [-0.25, -0.2) is 0 Å². The Bertz CT molecular complexity index is 718. The Hall–Kier alpha value is -2.33. The molecule has 0 unspecified atom stereocenters. The van der Waals surface area contributed by atoms with Gasteiger partial charge in [0.15, 0.2) is 0 Å². The lowest BCUT2D eigenvalue weighted by Gasteiger charge is -2.04. The fraction of sp³-hybridized carbons (Fsp3) is 0. The largest absolute Gasteiger partial charge is 0.351 e. The first-order valence-electron chi connectivity index (χ1n) is 5.72. The van der Waals surface area contributed by atoms with E-state index >= 15 is 0 Å². The zero-order valence-electron chi connectivity index (χ0n) is 9.85. The summed E-state index contributed by atoms with van der Waals surface area (Å²) in [7, 11) is 0. The highest BCUT2D eigenvalue weighted by Crippen LogP contribution is 2.21. The van der Waals surface area contributed by atoms with E-state index in [0.717, 1.165) is 10.9 Å². The highest BCUT2D eigenvalue weighted by atomic mass is 35.5. The number of carbonyl (C=O) groups excluding carboxylic acids is 1. The Morgan fingerprint density at radius 1 is 1.26 bits per heavy atom. The number of hydrogen-bond acceptors (Lipinski definition) is 2. The minimum absolute atomic E-state index is 0.244. The molecule has 2 N–H and O–H groups in total. The summed E-state index contributed by atoms with van der Waals surface area (Å²) in [6, 6.07) is 11.1. The lowest BCUT2D eigenvalue weighted by atomic mass is 10.2. The molecule has 2 aromatic heterocycles. The van der Waals surface area contributed by atoms with Gasteiger partial charge >= 0.3 is 0 Å². The van der Waals surface area contributed by atoms with Gasteiger partial charge in [0.2, 0.25) is 0 Å². The van der Waals surface area contributed by atoms with Crippen molar-refractivity contribution in [3.63, 3.8) is 0 Å². The molecule has 3 rings (SSSR count). The van der Waals surface area contributed by atoms with E-state index in [4.69, 9.17) is 11.6 Å². The molecule has 0 bridgehead atoms. The minimum Gasteiger partial charge on any atom is -0.351 e. The summed E-state index contributed by atoms with van der Waals surface area (Å²) in [5, 5.41) is 4.17. The van der Waals surface area contributed by atoms with Crippen LogP contribution in [0.2, 0.25) is 5.02 Å². The lowest BCUT2D eigenvalue weighted by Crippen LogP contribution is -2.12. The monoisotopic (exact) mass is 271 g/mol. The molecule has 2 heterocycles. The Balaban J connectivity index is 1.90. The van der Waals surface area contributed by atoms with Gasteiger partial charge in [-0.1, -0.05) is 29.8 Å². The Morgan fingerprint density at radius 3 is 2.89 bits per heavy atom. The van der Waals surface area contributed by atoms with Crippen molar-refractivity contribution in [2.45, 2.75) is 0 Å². The van der Waals surface area contributed by atoms with Gasteiger partial charge in [-0.15, -0.1) is 0 Å². The molecule has 0 saturated carbocycles. The molecule has 19 heavy (non-hydrogen) atoms. The second kappa shape index (κ2) is 4.74. The molecule has 4 nitrogen and oxygen atoms in total. The van der Waals surface area contributed by atoms with E-state index in [9.17, 15) is 4.79 Å². The number of fused-ring (bicyclic) bond motifs is 1. The van der Waals surface area contributed by atoms with E-state index in [0.29, 0.717) is 16.4 Å². The smallest absolute Gasteiger partial charge is 0.272 e. The number of aromatic nitrogens is 2. The van der Waals surface area contributed by atoms with Crippen LogP contribution in [0.3, 0.4) is 0 Å². The quantitative estimate of drug-likeness (QED) is 0.750. The highest BCUT2D eigenvalue weighted by Gasteiger charge is 2.11. The first-order valence-corrected chi connectivity index (χ1v) is 6.10. The number of amides is 1. The van der Waals surface area contributed by atoms with Gasteiger partial charge in [-0.2, -0.15) is 0 Å². The molecule has 0 aliphatic rings. The maximum atomic E-state index is 12.1. The number of hydrogen-bond donors (Lipinski definition) is 2. The van der Waals surface area contributed by atoms with Crippen LogP contribution in [0.4, 0.5) is 5.69 Å². The molecular formula is C14H10ClN3O. The average molecular weight is 272 g/mol. The summed E-state index contributed by atoms with van der Waals surface area (Å²) >= 11 is 5.97. The maximum absolute atomic E-state index is 12.1. The minimum atomic E-state index is -0.244. The van der Waals surface area contributed by atoms with Crippen LogP contribution >= 0.6 is 11.6 Å². The Morgan fingerprint density at radius 2 is 2.11 bits per heavy atom. The molecule has 0 saturated heterocycles. The zero-order chi connectivity index (χ0) is 13.2. The zero-order valence-corrected chi connectivity index (χ0v) is 10.6. The van der Waals surface area contributed by atoms with Crippen LogP contribution in [0.25, 0.3) is 10.9 Å². The Kier molecular flexibility index (Phi) is 2.93. The fourth-order valence-corrected chi connectivity index (χ4v) is 2.01. The van der Waals surface area contributed by atoms with Gasteiger partial charge in [0.1, 0.15) is 5.69 Å². The standard InChI is InChI=1S/C14H10ClN3O/c15-10-5-6-16-8-13(10)18-14(19)12-7-9-3-1-2-4-11(9)17-12/h1-8,17H,(H,18,19). The fourth-order valence-electron chi connectivity index (χ4n) is 1.85. The number of carbonyl (C=O) groups is 1. The number of nitrogens with zero attached hydrogens (tertiary/aromatic N) is 1. The summed E-state index contributed by atoms with van der Waals surface area (Å²) in [5.74, 6) is -0.244. The van der Waals surface area contributed by atoms with E-state index in [-0.39, 0.29) is 5.91 Å². The number of H-pyrrole nitrogens is 1. The summed E-state index contributed by atoms with van der Waals surface area (Å²) in [4.78, 5) is 19.1. The van der Waals surface area contributed by atoms with Gasteiger partial charge in [0, 0.05) is 17.1 Å². The number of pyridine rings is 1. The SMILES string of the molecule is O=C(Nc1cnccc1Cl)c1cc2ccccc2[nH]1. The molecule has 0 aliphatic carbocycles. The van der Waals surface area contributed by atoms with E-state index in [1.807, 2.05) is 24.3 Å². The van der Waals surface area contributed by atoms with Crippen LogP contribution in [0.15, 0.2) is 48.8 Å². The molecule has 3 aromatic rings. The molecule has 0 atom stereocenters. The number of nitrogens with one attached hydrogen (secondary N) is 2. The van der Waals surface area contributed by atoms with E-state index in [2.05, 4.69) is 15.3 Å². The van der Waals surface area contributed by atoms with Gasteiger partial charge in [-0.3, -0.25) is 9.78 Å². The predicted octanol–water partition coefficient (Wildman–Crippen LogP) is 3.47. The number of halogens is 1. The van der Waals surface area contributed by atoms with E-state index in [1.54, 1.807) is 18.3 Å². The highest BCUT2D eigenvalue weighted by molar-refractivity contribution is 6.33. The second-order valence-electron chi connectivity index (χ2n) is 4.08. The van der Waals surface area contributed by atoms with Crippen LogP contribution in [-0.2, 0) is 0 Å². The molecule has 5 heteroatoms. The van der Waals surface area contributed by atoms with Crippen LogP contribution in [0, 0.1) is 0 Å². The second-order valence-corrected chi connectivity index (χ2v) is 4.49. The summed E-state index contributed by atoms with van der Waals surface area (Å²) in [6.07, 6.45) is 3.09. The van der Waals surface area contributed by atoms with Crippen molar-refractivity contribution < 1.29 is 4.79 Å². The van der Waals surface area contributed by atoms with Gasteiger partial charge in [-0.05, 0) is 18.2 Å². The molecule has 0 spiro atoms. The summed E-state index contributed by atoms with van der Waals surface area (Å²) in [5.41, 5.74) is 1.90. The van der Waals surface area contributed by atoms with Crippen molar-refractivity contribution in [2.24, 2.45) is 0 Å². The molecule has 0 fully saturated rings. The van der Waals surface area contributed by atoms with E-state index in [1.165, 1.54) is 6.20 Å². The maximum Gasteiger partial charge on any atom is 0.272 e. The van der Waals surface area contributed by atoms with Crippen molar-refractivity contribution >= 4 is 34.1 Å². The van der Waals surface area contributed by atoms with Crippen molar-refractivity contribution in [2.75, 3.05) is 5.32 Å². The number of benzene rings is 1. The van der Waals surface area contributed by atoms with Gasteiger partial charge in [0.25, 0.3) is 5.91 Å². The van der Waals surface area contributed by atoms with Crippen molar-refractivity contribution in [1.29, 1.82) is 0 Å². The van der Waals surface area contributed by atoms with Gasteiger partial charge in [0.05, 0.1) is 16.9 Å². The third-order valence-electron chi connectivity index (χ3n) is 2.79. The normalized spacial score (nSPS) is 10.6. The molecule has 1 aromatic carbocycles. The average Bonchev–Trinajstić information content (AvgIpc) is 2.85. The van der Waals surface area contributed by atoms with Crippen molar-refractivity contribution in [3.05, 3.63) is 59.5 Å². The third kappa shape index (κ3) is 2.30. The number of aromatic amines is 1. The number of para-hydroxylation sites is 1. The molecule has 0 aliphatic heterocycles. The first-order chi connectivity index (χ1) is 9.24. The predicted molar refractivity (Wildman–Crippen MR) is 75.5 cm³/mol. The van der Waals surface area contributed by atoms with Crippen LogP contribution in [0.1, 0.15) is 10.5 Å². The first kappa shape index (κ1) is 11.7. The van der Waals surface area contributed by atoms with Crippen molar-refractivity contribution in [1.82, 2.24) is 9.97 Å². The van der Waals surface area contributed by atoms with Crippen LogP contribution in [0.5, 0.6) is 0 Å². The molecule has 94 valence electrons. The van der Waals surface area contributed by atoms with Crippen LogP contribution < -0.4 is 5.32 Å². The van der Waals surface area contributed by atoms with Gasteiger partial charge < -0.3 is 10.3 Å². The number of rotatable bonds is 2. The molecular weight excluding hydrogens is 262 g/mol. The Labute approximate surface area is 114 Å². The summed E-state index contributed by atoms with van der Waals surface area (Å²) < 4.78 is 0. The van der Waals surface area contributed by atoms with E-state index < -0.39 is 0 Å². The number of anilines is 1. The lowest BCUT2D eigenvalue weighted by molar-refractivity contribution is 0.102. The molecule has 0 radical (unpaired) electrons. The van der Waals surface area contributed by atoms with Crippen molar-refractivity contribution in [3.8, 4) is 0 Å². The summed E-state index contributed by atoms with van der Waals surface area (Å²) in [6.45, 7) is 0. The molecule has 1 amide bonds. The topological polar surface area (TPSA) is 57.8 Å². The van der Waals surface area contributed by atoms with Crippen LogP contribution in [-0.4, -0.2) is 15.9 Å².